The summed E-state index contributed by atoms with van der Waals surface area (Å²) in [5.41, 5.74) is 1.10. The van der Waals surface area contributed by atoms with Crippen LogP contribution in [0, 0.1) is 6.92 Å². The second-order valence-electron chi connectivity index (χ2n) is 4.90. The summed E-state index contributed by atoms with van der Waals surface area (Å²) >= 11 is 0. The van der Waals surface area contributed by atoms with Crippen molar-refractivity contribution in [3.63, 3.8) is 0 Å². The van der Waals surface area contributed by atoms with Gasteiger partial charge in [-0.15, -0.1) is 0 Å². The molecule has 0 bridgehead atoms. The Morgan fingerprint density at radius 1 is 1.40 bits per heavy atom. The third-order valence-electron chi connectivity index (χ3n) is 3.23. The first-order valence-electron chi connectivity index (χ1n) is 7.26. The van der Waals surface area contributed by atoms with Crippen LogP contribution < -0.4 is 10.1 Å². The largest absolute Gasteiger partial charge is 0.493 e. The number of para-hydroxylation sites is 1. The fraction of sp³-hybridized carbons (Fsp3) is 0.562. The number of rotatable bonds is 9. The predicted molar refractivity (Wildman–Crippen MR) is 79.8 cm³/mol. The van der Waals surface area contributed by atoms with Gasteiger partial charge in [0.1, 0.15) is 5.75 Å². The van der Waals surface area contributed by atoms with Crippen LogP contribution in [0.3, 0.4) is 0 Å². The van der Waals surface area contributed by atoms with Gasteiger partial charge in [-0.1, -0.05) is 25.1 Å². The average Bonchev–Trinajstić information content (AvgIpc) is 2.45. The van der Waals surface area contributed by atoms with E-state index in [0.717, 1.165) is 17.7 Å². The standard InChI is InChI=1S/C16H25NO3/c1-3-14(10-11-18)17-16(19)9-6-12-20-15-8-5-4-7-13(15)2/h4-5,7-8,14,18H,3,6,9-12H2,1-2H3,(H,17,19). The molecule has 0 fully saturated rings. The lowest BCUT2D eigenvalue weighted by atomic mass is 10.1. The van der Waals surface area contributed by atoms with Crippen LogP contribution in [0.4, 0.5) is 0 Å². The number of hydrogen-bond acceptors (Lipinski definition) is 3. The Morgan fingerprint density at radius 3 is 2.80 bits per heavy atom. The maximum Gasteiger partial charge on any atom is 0.220 e. The van der Waals surface area contributed by atoms with Gasteiger partial charge in [-0.3, -0.25) is 4.79 Å². The molecule has 0 spiro atoms. The quantitative estimate of drug-likeness (QED) is 0.683. The minimum atomic E-state index is 0.0266. The van der Waals surface area contributed by atoms with Gasteiger partial charge in [-0.05, 0) is 37.8 Å². The summed E-state index contributed by atoms with van der Waals surface area (Å²) in [6, 6.07) is 7.93. The Balaban J connectivity index is 2.20. The SMILES string of the molecule is CCC(CCO)NC(=O)CCCOc1ccccc1C. The van der Waals surface area contributed by atoms with E-state index < -0.39 is 0 Å². The average molecular weight is 279 g/mol. The molecule has 0 aliphatic rings. The molecule has 0 radical (unpaired) electrons. The van der Waals surface area contributed by atoms with E-state index in [1.165, 1.54) is 0 Å². The lowest BCUT2D eigenvalue weighted by Crippen LogP contribution is -2.35. The van der Waals surface area contributed by atoms with Crippen molar-refractivity contribution in [3.05, 3.63) is 29.8 Å². The first kappa shape index (κ1) is 16.5. The number of aliphatic hydroxyl groups is 1. The molecule has 1 rings (SSSR count). The highest BCUT2D eigenvalue weighted by Gasteiger charge is 2.09. The Hall–Kier alpha value is -1.55. The summed E-state index contributed by atoms with van der Waals surface area (Å²) < 4.78 is 5.65. The first-order valence-corrected chi connectivity index (χ1v) is 7.26. The van der Waals surface area contributed by atoms with Gasteiger partial charge in [0.15, 0.2) is 0 Å². The van der Waals surface area contributed by atoms with Crippen LogP contribution in [0.5, 0.6) is 5.75 Å². The molecule has 112 valence electrons. The van der Waals surface area contributed by atoms with Crippen LogP contribution >= 0.6 is 0 Å². The van der Waals surface area contributed by atoms with Crippen molar-refractivity contribution in [2.24, 2.45) is 0 Å². The van der Waals surface area contributed by atoms with Gasteiger partial charge < -0.3 is 15.2 Å². The van der Waals surface area contributed by atoms with Crippen LogP contribution in [0.1, 0.15) is 38.2 Å². The normalized spacial score (nSPS) is 11.9. The van der Waals surface area contributed by atoms with Crippen LogP contribution in [0.15, 0.2) is 24.3 Å². The Kier molecular flexibility index (Phi) is 7.73. The van der Waals surface area contributed by atoms with Crippen molar-refractivity contribution >= 4 is 5.91 Å². The van der Waals surface area contributed by atoms with Crippen LogP contribution in [0.2, 0.25) is 0 Å². The smallest absolute Gasteiger partial charge is 0.220 e. The minimum absolute atomic E-state index is 0.0266. The molecule has 1 aromatic carbocycles. The lowest BCUT2D eigenvalue weighted by molar-refractivity contribution is -0.122. The number of amides is 1. The Labute approximate surface area is 121 Å². The third-order valence-corrected chi connectivity index (χ3v) is 3.23. The molecule has 0 aliphatic carbocycles. The molecule has 1 atom stereocenters. The lowest BCUT2D eigenvalue weighted by Gasteiger charge is -2.15. The van der Waals surface area contributed by atoms with Crippen molar-refractivity contribution in [2.45, 2.75) is 45.6 Å². The molecule has 0 aliphatic heterocycles. The van der Waals surface area contributed by atoms with E-state index in [1.807, 2.05) is 38.1 Å². The van der Waals surface area contributed by atoms with Gasteiger partial charge in [0.25, 0.3) is 0 Å². The highest BCUT2D eigenvalue weighted by Crippen LogP contribution is 2.16. The van der Waals surface area contributed by atoms with E-state index >= 15 is 0 Å². The van der Waals surface area contributed by atoms with E-state index in [4.69, 9.17) is 9.84 Å². The number of hydrogen-bond donors (Lipinski definition) is 2. The molecule has 4 heteroatoms. The molecule has 1 aromatic rings. The summed E-state index contributed by atoms with van der Waals surface area (Å²) in [5.74, 6) is 0.901. The molecule has 0 heterocycles. The van der Waals surface area contributed by atoms with Gasteiger partial charge >= 0.3 is 0 Å². The number of carbonyl (C=O) groups excluding carboxylic acids is 1. The zero-order valence-electron chi connectivity index (χ0n) is 12.4. The molecule has 4 nitrogen and oxygen atoms in total. The van der Waals surface area contributed by atoms with Crippen molar-refractivity contribution < 1.29 is 14.6 Å². The monoisotopic (exact) mass is 279 g/mol. The number of aryl methyl sites for hydroxylation is 1. The van der Waals surface area contributed by atoms with Crippen LogP contribution in [0.25, 0.3) is 0 Å². The molecule has 2 N–H and O–H groups in total. The molecule has 0 saturated carbocycles. The Morgan fingerprint density at radius 2 is 2.15 bits per heavy atom. The first-order chi connectivity index (χ1) is 9.67. The van der Waals surface area contributed by atoms with Gasteiger partial charge in [-0.25, -0.2) is 0 Å². The van der Waals surface area contributed by atoms with Crippen molar-refractivity contribution in [1.82, 2.24) is 5.32 Å². The van der Waals surface area contributed by atoms with Gasteiger partial charge in [0.05, 0.1) is 6.61 Å². The fourth-order valence-electron chi connectivity index (χ4n) is 1.97. The van der Waals surface area contributed by atoms with Gasteiger partial charge in [-0.2, -0.15) is 0 Å². The van der Waals surface area contributed by atoms with Gasteiger partial charge in [0, 0.05) is 19.1 Å². The molecule has 0 aromatic heterocycles. The second kappa shape index (κ2) is 9.37. The number of ether oxygens (including phenoxy) is 1. The summed E-state index contributed by atoms with van der Waals surface area (Å²) in [5, 5.41) is 11.8. The van der Waals surface area contributed by atoms with E-state index in [2.05, 4.69) is 5.32 Å². The Bertz CT molecular complexity index is 406. The summed E-state index contributed by atoms with van der Waals surface area (Å²) in [6.07, 6.45) is 2.59. The minimum Gasteiger partial charge on any atom is -0.493 e. The zero-order chi connectivity index (χ0) is 14.8. The molecular formula is C16H25NO3. The number of carbonyl (C=O) groups is 1. The van der Waals surface area contributed by atoms with E-state index in [0.29, 0.717) is 25.9 Å². The highest BCUT2D eigenvalue weighted by molar-refractivity contribution is 5.76. The van der Waals surface area contributed by atoms with Crippen molar-refractivity contribution in [2.75, 3.05) is 13.2 Å². The second-order valence-corrected chi connectivity index (χ2v) is 4.90. The maximum absolute atomic E-state index is 11.7. The molecule has 20 heavy (non-hydrogen) atoms. The fourth-order valence-corrected chi connectivity index (χ4v) is 1.97. The van der Waals surface area contributed by atoms with E-state index in [9.17, 15) is 4.79 Å². The molecule has 1 amide bonds. The van der Waals surface area contributed by atoms with E-state index in [1.54, 1.807) is 0 Å². The topological polar surface area (TPSA) is 58.6 Å². The molecule has 0 saturated heterocycles. The highest BCUT2D eigenvalue weighted by atomic mass is 16.5. The maximum atomic E-state index is 11.7. The predicted octanol–water partition coefficient (Wildman–Crippen LogP) is 2.43. The van der Waals surface area contributed by atoms with Crippen LogP contribution in [-0.4, -0.2) is 30.3 Å². The zero-order valence-corrected chi connectivity index (χ0v) is 12.4. The number of benzene rings is 1. The molecular weight excluding hydrogens is 254 g/mol. The van der Waals surface area contributed by atoms with E-state index in [-0.39, 0.29) is 18.6 Å². The summed E-state index contributed by atoms with van der Waals surface area (Å²) in [6.45, 7) is 4.65. The van der Waals surface area contributed by atoms with Crippen molar-refractivity contribution in [1.29, 1.82) is 0 Å². The molecule has 1 unspecified atom stereocenters. The van der Waals surface area contributed by atoms with Gasteiger partial charge in [0.2, 0.25) is 5.91 Å². The number of nitrogens with one attached hydrogen (secondary N) is 1. The third kappa shape index (κ3) is 6.06. The van der Waals surface area contributed by atoms with Crippen molar-refractivity contribution in [3.8, 4) is 5.75 Å². The summed E-state index contributed by atoms with van der Waals surface area (Å²) in [4.78, 5) is 11.7. The van der Waals surface area contributed by atoms with Crippen LogP contribution in [-0.2, 0) is 4.79 Å². The number of aliphatic hydroxyl groups excluding tert-OH is 1. The summed E-state index contributed by atoms with van der Waals surface area (Å²) in [7, 11) is 0.